The Labute approximate surface area is 142 Å². The molecule has 1 amide bonds. The molecule has 4 rings (SSSR count). The molecule has 3 heterocycles. The number of amides is 1. The van der Waals surface area contributed by atoms with Crippen LogP contribution in [0.2, 0.25) is 0 Å². The highest BCUT2D eigenvalue weighted by atomic mass is 16.2. The molecule has 0 saturated carbocycles. The maximum Gasteiger partial charge on any atom is 0.231 e. The molecule has 1 unspecified atom stereocenters. The Balaban J connectivity index is 1.48. The maximum atomic E-state index is 13.0. The van der Waals surface area contributed by atoms with Gasteiger partial charge in [-0.1, -0.05) is 25.1 Å². The number of para-hydroxylation sites is 1. The molecular formula is C19H22N4O. The quantitative estimate of drug-likeness (QED) is 0.871. The fraction of sp³-hybridized carbons (Fsp3) is 0.421. The zero-order chi connectivity index (χ0) is 16.5. The number of aromatic nitrogens is 2. The molecular weight excluding hydrogens is 300 g/mol. The molecule has 1 saturated heterocycles. The Morgan fingerprint density at radius 1 is 1.25 bits per heavy atom. The van der Waals surface area contributed by atoms with Crippen molar-refractivity contribution in [2.24, 2.45) is 5.92 Å². The molecule has 124 valence electrons. The van der Waals surface area contributed by atoms with Gasteiger partial charge in [-0.15, -0.1) is 0 Å². The monoisotopic (exact) mass is 322 g/mol. The van der Waals surface area contributed by atoms with E-state index in [2.05, 4.69) is 33.9 Å². The number of hydrogen-bond acceptors (Lipinski definition) is 4. The molecule has 2 aliphatic rings. The summed E-state index contributed by atoms with van der Waals surface area (Å²) in [6, 6.07) is 10.3. The van der Waals surface area contributed by atoms with E-state index in [1.807, 2.05) is 23.1 Å². The van der Waals surface area contributed by atoms with Gasteiger partial charge in [0.1, 0.15) is 12.1 Å². The Hall–Kier alpha value is -2.43. The van der Waals surface area contributed by atoms with Gasteiger partial charge >= 0.3 is 0 Å². The second-order valence-corrected chi connectivity index (χ2v) is 6.52. The molecule has 0 aliphatic carbocycles. The van der Waals surface area contributed by atoms with Crippen LogP contribution >= 0.6 is 0 Å². The van der Waals surface area contributed by atoms with Gasteiger partial charge in [0, 0.05) is 37.1 Å². The van der Waals surface area contributed by atoms with Crippen LogP contribution in [0.1, 0.15) is 24.6 Å². The summed E-state index contributed by atoms with van der Waals surface area (Å²) in [5.74, 6) is 1.25. The van der Waals surface area contributed by atoms with E-state index in [1.54, 1.807) is 6.33 Å². The molecule has 1 aromatic heterocycles. The average Bonchev–Trinajstić information content (AvgIpc) is 3.28. The minimum Gasteiger partial charge on any atom is -0.356 e. The van der Waals surface area contributed by atoms with E-state index < -0.39 is 0 Å². The summed E-state index contributed by atoms with van der Waals surface area (Å²) < 4.78 is 0. The van der Waals surface area contributed by atoms with Gasteiger partial charge in [-0.2, -0.15) is 0 Å². The summed E-state index contributed by atoms with van der Waals surface area (Å²) in [5, 5.41) is 0. The van der Waals surface area contributed by atoms with Crippen LogP contribution in [-0.4, -0.2) is 35.5 Å². The number of hydrogen-bond donors (Lipinski definition) is 0. The molecule has 5 heteroatoms. The summed E-state index contributed by atoms with van der Waals surface area (Å²) in [6.45, 7) is 4.53. The van der Waals surface area contributed by atoms with Gasteiger partial charge in [0.2, 0.25) is 5.91 Å². The van der Waals surface area contributed by atoms with Crippen LogP contribution in [0.15, 0.2) is 36.7 Å². The van der Waals surface area contributed by atoms with Crippen molar-refractivity contribution in [2.75, 3.05) is 29.4 Å². The normalized spacial score (nSPS) is 19.6. The number of fused-ring (bicyclic) bond motifs is 1. The lowest BCUT2D eigenvalue weighted by atomic mass is 10.1. The van der Waals surface area contributed by atoms with Crippen molar-refractivity contribution in [1.82, 2.24) is 9.97 Å². The van der Waals surface area contributed by atoms with Crippen molar-refractivity contribution >= 4 is 17.4 Å². The molecule has 0 radical (unpaired) electrons. The van der Waals surface area contributed by atoms with Crippen LogP contribution in [0.5, 0.6) is 0 Å². The smallest absolute Gasteiger partial charge is 0.231 e. The first-order valence-corrected chi connectivity index (χ1v) is 8.71. The van der Waals surface area contributed by atoms with Crippen molar-refractivity contribution < 1.29 is 4.79 Å². The fourth-order valence-electron chi connectivity index (χ4n) is 3.71. The number of aryl methyl sites for hydroxylation is 1. The van der Waals surface area contributed by atoms with Crippen LogP contribution < -0.4 is 9.80 Å². The van der Waals surface area contributed by atoms with E-state index in [9.17, 15) is 4.79 Å². The molecule has 1 fully saturated rings. The van der Waals surface area contributed by atoms with Crippen LogP contribution in [0.25, 0.3) is 0 Å². The van der Waals surface area contributed by atoms with Crippen LogP contribution in [-0.2, 0) is 17.6 Å². The van der Waals surface area contributed by atoms with Gasteiger partial charge in [0.15, 0.2) is 0 Å². The SMILES string of the molecule is CCc1cc(N2CCC(C(=O)N3CCc4ccccc43)C2)ncn1. The Kier molecular flexibility index (Phi) is 3.92. The summed E-state index contributed by atoms with van der Waals surface area (Å²) in [6.07, 6.45) is 4.38. The van der Waals surface area contributed by atoms with Crippen molar-refractivity contribution in [2.45, 2.75) is 26.2 Å². The van der Waals surface area contributed by atoms with Crippen LogP contribution in [0.3, 0.4) is 0 Å². The average molecular weight is 322 g/mol. The standard InChI is InChI=1S/C19H22N4O/c1-2-16-11-18(21-13-20-16)22-9-7-15(12-22)19(24)23-10-8-14-5-3-4-6-17(14)23/h3-6,11,13,15H,2,7-10,12H2,1H3. The van der Waals surface area contributed by atoms with Crippen molar-refractivity contribution in [3.63, 3.8) is 0 Å². The van der Waals surface area contributed by atoms with Gasteiger partial charge < -0.3 is 9.80 Å². The van der Waals surface area contributed by atoms with Crippen molar-refractivity contribution in [3.05, 3.63) is 47.9 Å². The Morgan fingerprint density at radius 3 is 3.00 bits per heavy atom. The minimum atomic E-state index is 0.0520. The Morgan fingerprint density at radius 2 is 2.12 bits per heavy atom. The van der Waals surface area contributed by atoms with Crippen molar-refractivity contribution in [3.8, 4) is 0 Å². The first kappa shape index (κ1) is 15.1. The lowest BCUT2D eigenvalue weighted by molar-refractivity contribution is -0.121. The molecule has 1 aromatic carbocycles. The van der Waals surface area contributed by atoms with E-state index >= 15 is 0 Å². The number of nitrogens with zero attached hydrogens (tertiary/aromatic N) is 4. The second-order valence-electron chi connectivity index (χ2n) is 6.52. The summed E-state index contributed by atoms with van der Waals surface area (Å²) in [4.78, 5) is 25.8. The van der Waals surface area contributed by atoms with Crippen LogP contribution in [0, 0.1) is 5.92 Å². The van der Waals surface area contributed by atoms with Gasteiger partial charge in [0.25, 0.3) is 0 Å². The van der Waals surface area contributed by atoms with Crippen molar-refractivity contribution in [1.29, 1.82) is 0 Å². The maximum absolute atomic E-state index is 13.0. The molecule has 1 atom stereocenters. The first-order valence-electron chi connectivity index (χ1n) is 8.71. The number of benzene rings is 1. The predicted octanol–water partition coefficient (Wildman–Crippen LogP) is 2.45. The third-order valence-electron chi connectivity index (χ3n) is 5.09. The van der Waals surface area contributed by atoms with Gasteiger partial charge in [-0.05, 0) is 30.9 Å². The zero-order valence-electron chi connectivity index (χ0n) is 14.0. The molecule has 0 bridgehead atoms. The first-order chi connectivity index (χ1) is 11.8. The highest BCUT2D eigenvalue weighted by Crippen LogP contribution is 2.31. The third-order valence-corrected chi connectivity index (χ3v) is 5.09. The number of rotatable bonds is 3. The summed E-state index contributed by atoms with van der Waals surface area (Å²) >= 11 is 0. The highest BCUT2D eigenvalue weighted by molar-refractivity contribution is 5.97. The van der Waals surface area contributed by atoms with E-state index in [1.165, 1.54) is 5.56 Å². The highest BCUT2D eigenvalue weighted by Gasteiger charge is 2.34. The zero-order valence-corrected chi connectivity index (χ0v) is 14.0. The molecule has 0 spiro atoms. The van der Waals surface area contributed by atoms with Gasteiger partial charge in [-0.3, -0.25) is 4.79 Å². The Bertz CT molecular complexity index is 761. The fourth-order valence-corrected chi connectivity index (χ4v) is 3.71. The number of carbonyl (C=O) groups is 1. The topological polar surface area (TPSA) is 49.3 Å². The lowest BCUT2D eigenvalue weighted by Gasteiger charge is -2.22. The molecule has 5 nitrogen and oxygen atoms in total. The number of carbonyl (C=O) groups excluding carboxylic acids is 1. The van der Waals surface area contributed by atoms with E-state index in [-0.39, 0.29) is 11.8 Å². The van der Waals surface area contributed by atoms with Gasteiger partial charge in [0.05, 0.1) is 5.92 Å². The molecule has 2 aromatic rings. The molecule has 0 N–H and O–H groups in total. The third kappa shape index (κ3) is 2.64. The van der Waals surface area contributed by atoms with E-state index in [0.29, 0.717) is 0 Å². The lowest BCUT2D eigenvalue weighted by Crippen LogP contribution is -2.36. The largest absolute Gasteiger partial charge is 0.356 e. The predicted molar refractivity (Wildman–Crippen MR) is 94.2 cm³/mol. The van der Waals surface area contributed by atoms with E-state index in [4.69, 9.17) is 0 Å². The molecule has 24 heavy (non-hydrogen) atoms. The van der Waals surface area contributed by atoms with Crippen LogP contribution in [0.4, 0.5) is 11.5 Å². The minimum absolute atomic E-state index is 0.0520. The van der Waals surface area contributed by atoms with E-state index in [0.717, 1.165) is 56.1 Å². The summed E-state index contributed by atoms with van der Waals surface area (Å²) in [5.41, 5.74) is 3.42. The summed E-state index contributed by atoms with van der Waals surface area (Å²) in [7, 11) is 0. The molecule has 2 aliphatic heterocycles. The number of anilines is 2. The second kappa shape index (κ2) is 6.23. The van der Waals surface area contributed by atoms with Gasteiger partial charge in [-0.25, -0.2) is 9.97 Å².